The minimum atomic E-state index is -0.561. The molecule has 0 unspecified atom stereocenters. The molecule has 1 amide bonds. The van der Waals surface area contributed by atoms with E-state index in [2.05, 4.69) is 11.9 Å². The Morgan fingerprint density at radius 2 is 2.17 bits per heavy atom. The van der Waals surface area contributed by atoms with Crippen molar-refractivity contribution < 1.29 is 14.3 Å². The van der Waals surface area contributed by atoms with Crippen LogP contribution in [0.2, 0.25) is 5.15 Å². The van der Waals surface area contributed by atoms with Crippen LogP contribution in [0.1, 0.15) is 30.1 Å². The Morgan fingerprint density at radius 1 is 1.38 bits per heavy atom. The largest absolute Gasteiger partial charge is 0.452 e. The number of pyridine rings is 1. The van der Waals surface area contributed by atoms with Gasteiger partial charge in [0.2, 0.25) is 0 Å². The molecular formula is C18H19ClN2O3. The van der Waals surface area contributed by atoms with Gasteiger partial charge in [0.05, 0.1) is 11.1 Å². The van der Waals surface area contributed by atoms with Crippen LogP contribution in [-0.4, -0.2) is 41.5 Å². The number of carbonyl (C=O) groups excluding carboxylic acids is 2. The molecule has 1 aliphatic heterocycles. The van der Waals surface area contributed by atoms with Gasteiger partial charge in [-0.25, -0.2) is 9.78 Å². The van der Waals surface area contributed by atoms with E-state index in [0.29, 0.717) is 22.4 Å². The number of para-hydroxylation sites is 1. The van der Waals surface area contributed by atoms with E-state index in [0.717, 1.165) is 25.9 Å². The molecule has 0 radical (unpaired) electrons. The van der Waals surface area contributed by atoms with Gasteiger partial charge in [-0.3, -0.25) is 4.79 Å². The minimum absolute atomic E-state index is 0.153. The molecule has 24 heavy (non-hydrogen) atoms. The van der Waals surface area contributed by atoms with Crippen molar-refractivity contribution in [2.24, 2.45) is 5.92 Å². The summed E-state index contributed by atoms with van der Waals surface area (Å²) >= 11 is 5.97. The lowest BCUT2D eigenvalue weighted by molar-refractivity contribution is -0.136. The third-order valence-corrected chi connectivity index (χ3v) is 4.43. The molecule has 3 rings (SSSR count). The third-order valence-electron chi connectivity index (χ3n) is 4.24. The number of halogens is 1. The second-order valence-corrected chi connectivity index (χ2v) is 6.56. The predicted molar refractivity (Wildman–Crippen MR) is 92.0 cm³/mol. The highest BCUT2D eigenvalue weighted by molar-refractivity contribution is 6.30. The zero-order valence-corrected chi connectivity index (χ0v) is 14.3. The van der Waals surface area contributed by atoms with Gasteiger partial charge in [0.15, 0.2) is 6.61 Å². The van der Waals surface area contributed by atoms with Crippen molar-refractivity contribution in [3.05, 3.63) is 41.0 Å². The van der Waals surface area contributed by atoms with Crippen LogP contribution in [0.5, 0.6) is 0 Å². The lowest BCUT2D eigenvalue weighted by atomic mass is 10.0. The van der Waals surface area contributed by atoms with Crippen LogP contribution in [-0.2, 0) is 9.53 Å². The molecule has 1 aromatic heterocycles. The number of amides is 1. The van der Waals surface area contributed by atoms with E-state index in [1.165, 1.54) is 6.07 Å². The molecular weight excluding hydrogens is 328 g/mol. The molecule has 6 heteroatoms. The summed E-state index contributed by atoms with van der Waals surface area (Å²) in [5, 5.41) is 0.878. The van der Waals surface area contributed by atoms with Crippen molar-refractivity contribution >= 4 is 34.4 Å². The predicted octanol–water partition coefficient (Wildman–Crippen LogP) is 3.30. The average molecular weight is 347 g/mol. The molecule has 2 heterocycles. The monoisotopic (exact) mass is 346 g/mol. The Hall–Kier alpha value is -2.14. The lowest BCUT2D eigenvalue weighted by Crippen LogP contribution is -2.41. The summed E-state index contributed by atoms with van der Waals surface area (Å²) in [5.74, 6) is -0.227. The van der Waals surface area contributed by atoms with Gasteiger partial charge in [-0.05, 0) is 30.9 Å². The standard InChI is InChI=1S/C18H19ClN2O3/c1-12-5-4-8-21(10-12)17(22)11-24-18(23)14-9-16(19)20-15-7-3-2-6-13(14)15/h2-3,6-7,9,12H,4-5,8,10-11H2,1H3/t12-/m0/s1. The Labute approximate surface area is 145 Å². The van der Waals surface area contributed by atoms with E-state index in [1.54, 1.807) is 17.0 Å². The molecule has 0 bridgehead atoms. The number of piperidine rings is 1. The van der Waals surface area contributed by atoms with Crippen LogP contribution in [0.4, 0.5) is 0 Å². The van der Waals surface area contributed by atoms with Crippen molar-refractivity contribution in [2.75, 3.05) is 19.7 Å². The number of likely N-dealkylation sites (tertiary alicyclic amines) is 1. The molecule has 1 aromatic carbocycles. The topological polar surface area (TPSA) is 59.5 Å². The fraction of sp³-hybridized carbons (Fsp3) is 0.389. The van der Waals surface area contributed by atoms with E-state index >= 15 is 0 Å². The zero-order valence-electron chi connectivity index (χ0n) is 13.5. The highest BCUT2D eigenvalue weighted by atomic mass is 35.5. The van der Waals surface area contributed by atoms with Crippen LogP contribution in [0.3, 0.4) is 0 Å². The molecule has 126 valence electrons. The number of hydrogen-bond acceptors (Lipinski definition) is 4. The third kappa shape index (κ3) is 3.67. The number of esters is 1. The highest BCUT2D eigenvalue weighted by Crippen LogP contribution is 2.22. The van der Waals surface area contributed by atoms with Crippen molar-refractivity contribution in [2.45, 2.75) is 19.8 Å². The van der Waals surface area contributed by atoms with Gasteiger partial charge in [0.1, 0.15) is 5.15 Å². The Morgan fingerprint density at radius 3 is 2.96 bits per heavy atom. The van der Waals surface area contributed by atoms with E-state index in [4.69, 9.17) is 16.3 Å². The molecule has 2 aromatic rings. The average Bonchev–Trinajstić information content (AvgIpc) is 2.58. The number of rotatable bonds is 3. The summed E-state index contributed by atoms with van der Waals surface area (Å²) in [6.07, 6.45) is 2.12. The lowest BCUT2D eigenvalue weighted by Gasteiger charge is -2.30. The van der Waals surface area contributed by atoms with E-state index in [1.807, 2.05) is 12.1 Å². The smallest absolute Gasteiger partial charge is 0.339 e. The van der Waals surface area contributed by atoms with Crippen LogP contribution in [0.25, 0.3) is 10.9 Å². The first-order valence-corrected chi connectivity index (χ1v) is 8.42. The van der Waals surface area contributed by atoms with Crippen LogP contribution < -0.4 is 0 Å². The minimum Gasteiger partial charge on any atom is -0.452 e. The zero-order chi connectivity index (χ0) is 17.1. The number of aromatic nitrogens is 1. The normalized spacial score (nSPS) is 17.8. The second-order valence-electron chi connectivity index (χ2n) is 6.17. The van der Waals surface area contributed by atoms with Crippen LogP contribution >= 0.6 is 11.6 Å². The molecule has 1 aliphatic rings. The molecule has 5 nitrogen and oxygen atoms in total. The van der Waals surface area contributed by atoms with E-state index < -0.39 is 5.97 Å². The first-order chi connectivity index (χ1) is 11.5. The van der Waals surface area contributed by atoms with Crippen LogP contribution in [0, 0.1) is 5.92 Å². The highest BCUT2D eigenvalue weighted by Gasteiger charge is 2.22. The number of hydrogen-bond donors (Lipinski definition) is 0. The maximum Gasteiger partial charge on any atom is 0.339 e. The van der Waals surface area contributed by atoms with Crippen LogP contribution in [0.15, 0.2) is 30.3 Å². The van der Waals surface area contributed by atoms with Gasteiger partial charge in [-0.2, -0.15) is 0 Å². The molecule has 0 saturated carbocycles. The van der Waals surface area contributed by atoms with Gasteiger partial charge >= 0.3 is 5.97 Å². The number of nitrogens with zero attached hydrogens (tertiary/aromatic N) is 2. The van der Waals surface area contributed by atoms with Gasteiger partial charge in [-0.15, -0.1) is 0 Å². The number of ether oxygens (including phenoxy) is 1. The maximum atomic E-state index is 12.4. The summed E-state index contributed by atoms with van der Waals surface area (Å²) in [4.78, 5) is 30.5. The van der Waals surface area contributed by atoms with Gasteiger partial charge in [-0.1, -0.05) is 36.7 Å². The number of carbonyl (C=O) groups is 2. The summed E-state index contributed by atoms with van der Waals surface area (Å²) < 4.78 is 5.22. The quantitative estimate of drug-likeness (QED) is 0.632. The molecule has 1 atom stereocenters. The van der Waals surface area contributed by atoms with Gasteiger partial charge in [0.25, 0.3) is 5.91 Å². The van der Waals surface area contributed by atoms with E-state index in [-0.39, 0.29) is 17.7 Å². The summed E-state index contributed by atoms with van der Waals surface area (Å²) in [7, 11) is 0. The summed E-state index contributed by atoms with van der Waals surface area (Å²) in [6.45, 7) is 3.32. The van der Waals surface area contributed by atoms with Crippen molar-refractivity contribution in [3.63, 3.8) is 0 Å². The molecule has 0 spiro atoms. The van der Waals surface area contributed by atoms with Gasteiger partial charge < -0.3 is 9.64 Å². The Bertz CT molecular complexity index is 778. The fourth-order valence-corrected chi connectivity index (χ4v) is 3.22. The first-order valence-electron chi connectivity index (χ1n) is 8.05. The van der Waals surface area contributed by atoms with E-state index in [9.17, 15) is 9.59 Å². The Balaban J connectivity index is 1.70. The number of fused-ring (bicyclic) bond motifs is 1. The SMILES string of the molecule is C[C@H]1CCCN(C(=O)COC(=O)c2cc(Cl)nc3ccccc23)C1. The summed E-state index contributed by atoms with van der Waals surface area (Å²) in [5.41, 5.74) is 0.943. The van der Waals surface area contributed by atoms with Crippen molar-refractivity contribution in [3.8, 4) is 0 Å². The molecule has 0 aliphatic carbocycles. The second kappa shape index (κ2) is 7.18. The molecule has 0 N–H and O–H groups in total. The van der Waals surface area contributed by atoms with Crippen molar-refractivity contribution in [1.29, 1.82) is 0 Å². The molecule has 1 saturated heterocycles. The Kier molecular flexibility index (Phi) is 5.00. The number of benzene rings is 1. The first kappa shape index (κ1) is 16.7. The maximum absolute atomic E-state index is 12.4. The van der Waals surface area contributed by atoms with Crippen molar-refractivity contribution in [1.82, 2.24) is 9.88 Å². The fourth-order valence-electron chi connectivity index (χ4n) is 3.02. The summed E-state index contributed by atoms with van der Waals surface area (Å²) in [6, 6.07) is 8.66. The molecule has 1 fully saturated rings. The van der Waals surface area contributed by atoms with Gasteiger partial charge in [0, 0.05) is 18.5 Å².